The van der Waals surface area contributed by atoms with Crippen molar-refractivity contribution in [3.05, 3.63) is 47.9 Å². The number of nitrogens with zero attached hydrogens (tertiary/aromatic N) is 6. The van der Waals surface area contributed by atoms with Crippen molar-refractivity contribution in [2.75, 3.05) is 51.6 Å². The number of carbonyl (C=O) groups is 1. The Labute approximate surface area is 240 Å². The van der Waals surface area contributed by atoms with Crippen molar-refractivity contribution in [2.45, 2.75) is 45.6 Å². The number of carbonyl (C=O) groups excluding carboxylic acids is 1. The molecule has 1 fully saturated rings. The van der Waals surface area contributed by atoms with E-state index in [1.807, 2.05) is 17.6 Å². The molecule has 5 heterocycles. The quantitative estimate of drug-likeness (QED) is 0.280. The monoisotopic (exact) mass is 560 g/mol. The van der Waals surface area contributed by atoms with E-state index >= 15 is 0 Å². The van der Waals surface area contributed by atoms with Crippen molar-refractivity contribution < 1.29 is 4.79 Å². The first-order valence-corrected chi connectivity index (χ1v) is 15.2. The van der Waals surface area contributed by atoms with E-state index in [0.717, 1.165) is 63.9 Å². The molecule has 6 rings (SSSR count). The number of hydrogen-bond acceptors (Lipinski definition) is 8. The number of benzene rings is 1. The summed E-state index contributed by atoms with van der Waals surface area (Å²) in [6, 6.07) is 8.95. The van der Waals surface area contributed by atoms with Gasteiger partial charge in [-0.3, -0.25) is 9.69 Å². The first kappa shape index (κ1) is 28.2. The molecule has 10 heteroatoms. The Balaban J connectivity index is 0.000000210. The van der Waals surface area contributed by atoms with Crippen LogP contribution in [0.1, 0.15) is 45.2 Å². The molecule has 1 amide bonds. The Bertz CT molecular complexity index is 1440. The highest BCUT2D eigenvalue weighted by Gasteiger charge is 2.18. The highest BCUT2D eigenvalue weighted by atomic mass is 32.1. The van der Waals surface area contributed by atoms with Crippen LogP contribution in [0.5, 0.6) is 0 Å². The number of H-pyrrole nitrogens is 1. The van der Waals surface area contributed by atoms with Gasteiger partial charge in [0.15, 0.2) is 0 Å². The van der Waals surface area contributed by atoms with Crippen LogP contribution < -0.4 is 5.32 Å². The summed E-state index contributed by atoms with van der Waals surface area (Å²) in [5, 5.41) is 4.34. The number of aromatic nitrogens is 4. The van der Waals surface area contributed by atoms with E-state index in [9.17, 15) is 4.79 Å². The number of nitrogens with one attached hydrogen (secondary N) is 2. The number of rotatable bonds is 8. The van der Waals surface area contributed by atoms with Crippen LogP contribution in [0.2, 0.25) is 0 Å². The van der Waals surface area contributed by atoms with Gasteiger partial charge < -0.3 is 20.1 Å². The molecule has 1 saturated heterocycles. The average molecular weight is 561 g/mol. The van der Waals surface area contributed by atoms with Crippen molar-refractivity contribution in [3.63, 3.8) is 0 Å². The third-order valence-electron chi connectivity index (χ3n) is 7.89. The zero-order chi connectivity index (χ0) is 27.9. The Hall–Kier alpha value is -3.34. The minimum atomic E-state index is 0.639. The zero-order valence-corrected chi connectivity index (χ0v) is 24.6. The van der Waals surface area contributed by atoms with Gasteiger partial charge >= 0.3 is 0 Å². The minimum Gasteiger partial charge on any atom is -0.341 e. The lowest BCUT2D eigenvalue weighted by Crippen LogP contribution is -2.48. The molecule has 1 unspecified atom stereocenters. The first-order valence-electron chi connectivity index (χ1n) is 14.3. The normalized spacial score (nSPS) is 17.4. The fraction of sp³-hybridized carbons (Fsp3) is 0.467. The van der Waals surface area contributed by atoms with Crippen molar-refractivity contribution in [1.29, 1.82) is 0 Å². The molecule has 0 bridgehead atoms. The summed E-state index contributed by atoms with van der Waals surface area (Å²) >= 11 is 1.61. The molecule has 4 aromatic rings. The summed E-state index contributed by atoms with van der Waals surface area (Å²) in [6.45, 7) is 11.0. The molecule has 0 aliphatic carbocycles. The summed E-state index contributed by atoms with van der Waals surface area (Å²) in [7, 11) is 2.22. The fourth-order valence-electron chi connectivity index (χ4n) is 5.25. The van der Waals surface area contributed by atoms with Gasteiger partial charge in [-0.1, -0.05) is 25.8 Å². The van der Waals surface area contributed by atoms with Gasteiger partial charge in [-0.05, 0) is 56.7 Å². The van der Waals surface area contributed by atoms with Crippen molar-refractivity contribution >= 4 is 56.1 Å². The van der Waals surface area contributed by atoms with Crippen LogP contribution in [0, 0.1) is 0 Å². The summed E-state index contributed by atoms with van der Waals surface area (Å²) in [6.07, 6.45) is 9.45. The van der Waals surface area contributed by atoms with Gasteiger partial charge in [-0.15, -0.1) is 11.3 Å². The number of anilines is 2. The molecule has 0 radical (unpaired) electrons. The number of hydrogen-bond donors (Lipinski definition) is 2. The van der Waals surface area contributed by atoms with Gasteiger partial charge in [-0.25, -0.2) is 15.0 Å². The van der Waals surface area contributed by atoms with Gasteiger partial charge in [0, 0.05) is 56.7 Å². The lowest BCUT2D eigenvalue weighted by Gasteiger charge is -2.36. The van der Waals surface area contributed by atoms with Gasteiger partial charge in [0.05, 0.1) is 21.1 Å². The van der Waals surface area contributed by atoms with E-state index in [-0.39, 0.29) is 0 Å². The van der Waals surface area contributed by atoms with Crippen LogP contribution in [-0.2, 0) is 4.79 Å². The van der Waals surface area contributed by atoms with Gasteiger partial charge in [0.1, 0.15) is 17.8 Å². The lowest BCUT2D eigenvalue weighted by atomic mass is 10.1. The van der Waals surface area contributed by atoms with Crippen LogP contribution in [0.25, 0.3) is 26.8 Å². The van der Waals surface area contributed by atoms with Crippen molar-refractivity contribution in [1.82, 2.24) is 34.6 Å². The minimum absolute atomic E-state index is 0.639. The largest absolute Gasteiger partial charge is 0.341 e. The van der Waals surface area contributed by atoms with Crippen LogP contribution in [0.3, 0.4) is 0 Å². The molecular formula is C30H40N8OS. The molecule has 40 heavy (non-hydrogen) atoms. The van der Waals surface area contributed by atoms with Gasteiger partial charge in [-0.2, -0.15) is 0 Å². The number of thiazole rings is 1. The van der Waals surface area contributed by atoms with Crippen LogP contribution in [0.4, 0.5) is 11.5 Å². The molecular weight excluding hydrogens is 520 g/mol. The molecule has 0 saturated carbocycles. The summed E-state index contributed by atoms with van der Waals surface area (Å²) in [4.78, 5) is 34.2. The molecule has 3 aromatic heterocycles. The van der Waals surface area contributed by atoms with Gasteiger partial charge in [0.25, 0.3) is 0 Å². The fourth-order valence-corrected chi connectivity index (χ4v) is 5.97. The lowest BCUT2D eigenvalue weighted by molar-refractivity contribution is -0.117. The summed E-state index contributed by atoms with van der Waals surface area (Å²) < 4.78 is 1.13. The Kier molecular flexibility index (Phi) is 9.41. The molecule has 0 spiro atoms. The topological polar surface area (TPSA) is 93.3 Å². The second-order valence-corrected chi connectivity index (χ2v) is 11.6. The Morgan fingerprint density at radius 2 is 1.98 bits per heavy atom. The van der Waals surface area contributed by atoms with E-state index in [1.54, 1.807) is 22.6 Å². The molecule has 2 N–H and O–H groups in total. The van der Waals surface area contributed by atoms with Crippen LogP contribution in [0.15, 0.2) is 42.2 Å². The van der Waals surface area contributed by atoms with Gasteiger partial charge in [0.2, 0.25) is 6.41 Å². The highest BCUT2D eigenvalue weighted by molar-refractivity contribution is 7.16. The van der Waals surface area contributed by atoms with E-state index in [0.29, 0.717) is 6.54 Å². The number of aromatic amines is 1. The van der Waals surface area contributed by atoms with Crippen LogP contribution >= 0.6 is 11.3 Å². The molecule has 2 aliphatic rings. The predicted molar refractivity (Wildman–Crippen MR) is 165 cm³/mol. The maximum absolute atomic E-state index is 10.9. The number of unbranched alkanes of at least 4 members (excludes halogenated alkanes) is 1. The Morgan fingerprint density at radius 1 is 1.12 bits per heavy atom. The maximum Gasteiger partial charge on any atom is 0.209 e. The maximum atomic E-state index is 10.9. The zero-order valence-electron chi connectivity index (χ0n) is 23.8. The molecule has 1 atom stereocenters. The molecule has 212 valence electrons. The molecule has 2 aliphatic heterocycles. The number of amides is 1. The average Bonchev–Trinajstić information content (AvgIpc) is 3.64. The predicted octanol–water partition coefficient (Wildman–Crippen LogP) is 5.37. The summed E-state index contributed by atoms with van der Waals surface area (Å²) in [5.74, 6) is 0.761. The summed E-state index contributed by atoms with van der Waals surface area (Å²) in [5.41, 5.74) is 6.82. The SMILES string of the molecule is CCCCC(C)N1CCN(C)CC1.O=CN1CC=C(c2cc3c(Nc4ccc5ncsc5c4)ncnc3[nH]2)CC1. The van der Waals surface area contributed by atoms with E-state index < -0.39 is 0 Å². The third-order valence-corrected chi connectivity index (χ3v) is 8.68. The Morgan fingerprint density at radius 3 is 2.73 bits per heavy atom. The first-order chi connectivity index (χ1) is 19.5. The number of fused-ring (bicyclic) bond motifs is 2. The molecule has 9 nitrogen and oxygen atoms in total. The second-order valence-electron chi connectivity index (χ2n) is 10.7. The highest BCUT2D eigenvalue weighted by Crippen LogP contribution is 2.30. The van der Waals surface area contributed by atoms with Crippen molar-refractivity contribution in [3.8, 4) is 0 Å². The smallest absolute Gasteiger partial charge is 0.209 e. The van der Waals surface area contributed by atoms with E-state index in [1.165, 1.54) is 51.0 Å². The third kappa shape index (κ3) is 6.86. The number of likely N-dealkylation sites (N-methyl/N-ethyl adjacent to an activating group) is 1. The number of piperazine rings is 1. The standard InChI is InChI=1S/C19H16N6OS.C11H24N2/c26-11-25-5-3-12(4-6-25)16-8-14-18(20-9-21-19(14)24-16)23-13-1-2-15-17(7-13)27-10-22-15;1-4-5-6-11(2)13-9-7-12(3)8-10-13/h1-3,7-11H,4-6H2,(H2,20,21,23,24);11H,4-10H2,1-3H3. The van der Waals surface area contributed by atoms with E-state index in [4.69, 9.17) is 0 Å². The molecule has 1 aromatic carbocycles. The van der Waals surface area contributed by atoms with Crippen LogP contribution in [-0.4, -0.2) is 93.4 Å². The van der Waals surface area contributed by atoms with E-state index in [2.05, 4.69) is 74.2 Å². The van der Waals surface area contributed by atoms with Crippen molar-refractivity contribution in [2.24, 2.45) is 0 Å². The second kappa shape index (κ2) is 13.3.